The van der Waals surface area contributed by atoms with Gasteiger partial charge in [0.15, 0.2) is 0 Å². The summed E-state index contributed by atoms with van der Waals surface area (Å²) < 4.78 is 0. The lowest BCUT2D eigenvalue weighted by Gasteiger charge is -2.11. The SMILES string of the molecule is O=C(CN1C(=O)CNC1=O)Nc1cc(C(=O)O)ccn1. The molecular formula is C11H10N4O5. The van der Waals surface area contributed by atoms with Crippen molar-refractivity contribution in [2.45, 2.75) is 0 Å². The van der Waals surface area contributed by atoms with Crippen LogP contribution < -0.4 is 10.6 Å². The van der Waals surface area contributed by atoms with Crippen molar-refractivity contribution in [1.82, 2.24) is 15.2 Å². The van der Waals surface area contributed by atoms with Crippen molar-refractivity contribution in [3.8, 4) is 0 Å². The highest BCUT2D eigenvalue weighted by molar-refractivity contribution is 6.06. The minimum absolute atomic E-state index is 0.0296. The molecule has 4 amide bonds. The Hall–Kier alpha value is -2.97. The van der Waals surface area contributed by atoms with Crippen molar-refractivity contribution in [1.29, 1.82) is 0 Å². The summed E-state index contributed by atoms with van der Waals surface area (Å²) in [5.41, 5.74) is -0.0368. The van der Waals surface area contributed by atoms with Crippen LogP contribution in [0.5, 0.6) is 0 Å². The molecule has 0 aromatic carbocycles. The van der Waals surface area contributed by atoms with Gasteiger partial charge in [0.2, 0.25) is 5.91 Å². The van der Waals surface area contributed by atoms with Crippen LogP contribution in [0.25, 0.3) is 0 Å². The summed E-state index contributed by atoms with van der Waals surface area (Å²) in [6.45, 7) is -0.595. The van der Waals surface area contributed by atoms with Crippen molar-refractivity contribution in [2.75, 3.05) is 18.4 Å². The Kier molecular flexibility index (Phi) is 3.60. The average molecular weight is 278 g/mol. The second-order valence-corrected chi connectivity index (χ2v) is 3.92. The monoisotopic (exact) mass is 278 g/mol. The lowest BCUT2D eigenvalue weighted by atomic mass is 10.2. The van der Waals surface area contributed by atoms with Gasteiger partial charge in [-0.2, -0.15) is 0 Å². The zero-order valence-corrected chi connectivity index (χ0v) is 10.1. The Morgan fingerprint density at radius 2 is 2.20 bits per heavy atom. The van der Waals surface area contributed by atoms with Gasteiger partial charge in [0.05, 0.1) is 12.1 Å². The second kappa shape index (κ2) is 5.34. The third-order valence-electron chi connectivity index (χ3n) is 2.51. The minimum Gasteiger partial charge on any atom is -0.478 e. The molecule has 1 saturated heterocycles. The zero-order valence-electron chi connectivity index (χ0n) is 10.1. The summed E-state index contributed by atoms with van der Waals surface area (Å²) in [6.07, 6.45) is 1.23. The number of pyridine rings is 1. The topological polar surface area (TPSA) is 129 Å². The van der Waals surface area contributed by atoms with Crippen LogP contribution in [-0.4, -0.2) is 51.9 Å². The molecule has 1 fully saturated rings. The molecule has 3 N–H and O–H groups in total. The molecule has 1 aromatic rings. The van der Waals surface area contributed by atoms with Crippen LogP contribution >= 0.6 is 0 Å². The van der Waals surface area contributed by atoms with E-state index in [9.17, 15) is 19.2 Å². The summed E-state index contributed by atoms with van der Waals surface area (Å²) in [4.78, 5) is 49.5. The first-order chi connectivity index (χ1) is 9.47. The van der Waals surface area contributed by atoms with Crippen LogP contribution in [0.2, 0.25) is 0 Å². The predicted octanol–water partition coefficient (Wildman–Crippen LogP) is -0.730. The second-order valence-electron chi connectivity index (χ2n) is 3.92. The highest BCUT2D eigenvalue weighted by atomic mass is 16.4. The number of urea groups is 1. The molecule has 0 saturated carbocycles. The molecule has 2 rings (SSSR count). The Labute approximate surface area is 112 Å². The van der Waals surface area contributed by atoms with Crippen molar-refractivity contribution in [3.05, 3.63) is 23.9 Å². The number of rotatable bonds is 4. The van der Waals surface area contributed by atoms with Crippen LogP contribution in [0.15, 0.2) is 18.3 Å². The molecule has 2 heterocycles. The van der Waals surface area contributed by atoms with Gasteiger partial charge in [-0.05, 0) is 12.1 Å². The maximum atomic E-state index is 11.7. The average Bonchev–Trinajstić information content (AvgIpc) is 2.71. The molecule has 0 unspecified atom stereocenters. The van der Waals surface area contributed by atoms with E-state index in [4.69, 9.17) is 5.11 Å². The minimum atomic E-state index is -1.16. The van der Waals surface area contributed by atoms with Gasteiger partial charge in [-0.1, -0.05) is 0 Å². The summed E-state index contributed by atoms with van der Waals surface area (Å²) in [5.74, 6) is -2.28. The Bertz CT molecular complexity index is 584. The highest BCUT2D eigenvalue weighted by Crippen LogP contribution is 2.07. The summed E-state index contributed by atoms with van der Waals surface area (Å²) in [6, 6.07) is 1.80. The smallest absolute Gasteiger partial charge is 0.335 e. The molecule has 104 valence electrons. The summed E-state index contributed by atoms with van der Waals surface area (Å²) >= 11 is 0. The number of hydrogen-bond donors (Lipinski definition) is 3. The molecule has 9 heteroatoms. The fourth-order valence-electron chi connectivity index (χ4n) is 1.57. The standard InChI is InChI=1S/C11H10N4O5/c16-8(5-15-9(17)4-13-11(15)20)14-7-3-6(10(18)19)1-2-12-7/h1-3H,4-5H2,(H,13,20)(H,18,19)(H,12,14,16). The third-order valence-corrected chi connectivity index (χ3v) is 2.51. The van der Waals surface area contributed by atoms with E-state index in [1.165, 1.54) is 18.3 Å². The van der Waals surface area contributed by atoms with E-state index in [1.807, 2.05) is 0 Å². The van der Waals surface area contributed by atoms with Gasteiger partial charge in [-0.25, -0.2) is 14.6 Å². The van der Waals surface area contributed by atoms with Crippen LogP contribution in [0.1, 0.15) is 10.4 Å². The molecular weight excluding hydrogens is 268 g/mol. The lowest BCUT2D eigenvalue weighted by molar-refractivity contribution is -0.128. The lowest BCUT2D eigenvalue weighted by Crippen LogP contribution is -2.38. The molecule has 20 heavy (non-hydrogen) atoms. The number of amides is 4. The number of aromatic nitrogens is 1. The van der Waals surface area contributed by atoms with E-state index < -0.39 is 30.4 Å². The van der Waals surface area contributed by atoms with Crippen molar-refractivity contribution in [2.24, 2.45) is 0 Å². The first-order valence-electron chi connectivity index (χ1n) is 5.55. The fraction of sp³-hybridized carbons (Fsp3) is 0.182. The van der Waals surface area contributed by atoms with E-state index in [0.29, 0.717) is 0 Å². The van der Waals surface area contributed by atoms with E-state index in [1.54, 1.807) is 0 Å². The number of carbonyl (C=O) groups excluding carboxylic acids is 3. The van der Waals surface area contributed by atoms with Gasteiger partial charge >= 0.3 is 12.0 Å². The third kappa shape index (κ3) is 2.88. The van der Waals surface area contributed by atoms with Gasteiger partial charge in [-0.15, -0.1) is 0 Å². The number of anilines is 1. The Morgan fingerprint density at radius 3 is 2.80 bits per heavy atom. The number of carboxylic acids is 1. The number of carboxylic acid groups (broad SMARTS) is 1. The highest BCUT2D eigenvalue weighted by Gasteiger charge is 2.30. The van der Waals surface area contributed by atoms with Gasteiger partial charge in [0.25, 0.3) is 5.91 Å². The number of hydrogen-bond acceptors (Lipinski definition) is 5. The quantitative estimate of drug-likeness (QED) is 0.623. The molecule has 1 aliphatic rings. The number of carbonyl (C=O) groups is 4. The normalized spacial score (nSPS) is 14.1. The van der Waals surface area contributed by atoms with Gasteiger partial charge in [-0.3, -0.25) is 14.5 Å². The van der Waals surface area contributed by atoms with Crippen LogP contribution in [-0.2, 0) is 9.59 Å². The predicted molar refractivity (Wildman–Crippen MR) is 64.9 cm³/mol. The summed E-state index contributed by atoms with van der Waals surface area (Å²) in [7, 11) is 0. The molecule has 9 nitrogen and oxygen atoms in total. The van der Waals surface area contributed by atoms with Crippen molar-refractivity contribution in [3.63, 3.8) is 0 Å². The molecule has 1 aromatic heterocycles. The molecule has 0 atom stereocenters. The van der Waals surface area contributed by atoms with E-state index in [-0.39, 0.29) is 17.9 Å². The van der Waals surface area contributed by atoms with Crippen LogP contribution in [0, 0.1) is 0 Å². The summed E-state index contributed by atoms with van der Waals surface area (Å²) in [5, 5.41) is 13.4. The number of aromatic carboxylic acids is 1. The maximum absolute atomic E-state index is 11.7. The molecule has 1 aliphatic heterocycles. The molecule has 0 spiro atoms. The van der Waals surface area contributed by atoms with Crippen molar-refractivity contribution < 1.29 is 24.3 Å². The fourth-order valence-corrected chi connectivity index (χ4v) is 1.57. The number of imide groups is 1. The van der Waals surface area contributed by atoms with E-state index >= 15 is 0 Å². The maximum Gasteiger partial charge on any atom is 0.335 e. The van der Waals surface area contributed by atoms with Crippen molar-refractivity contribution >= 4 is 29.6 Å². The number of nitrogens with zero attached hydrogens (tertiary/aromatic N) is 2. The number of nitrogens with one attached hydrogen (secondary N) is 2. The van der Waals surface area contributed by atoms with E-state index in [2.05, 4.69) is 15.6 Å². The van der Waals surface area contributed by atoms with Gasteiger partial charge < -0.3 is 15.7 Å². The molecule has 0 aliphatic carbocycles. The first kappa shape index (κ1) is 13.5. The zero-order chi connectivity index (χ0) is 14.7. The largest absolute Gasteiger partial charge is 0.478 e. The Balaban J connectivity index is 2.01. The Morgan fingerprint density at radius 1 is 1.45 bits per heavy atom. The molecule has 0 radical (unpaired) electrons. The first-order valence-corrected chi connectivity index (χ1v) is 5.55. The van der Waals surface area contributed by atoms with Gasteiger partial charge in [0.1, 0.15) is 12.4 Å². The van der Waals surface area contributed by atoms with E-state index in [0.717, 1.165) is 4.90 Å². The molecule has 0 bridgehead atoms. The van der Waals surface area contributed by atoms with Crippen LogP contribution in [0.4, 0.5) is 10.6 Å². The van der Waals surface area contributed by atoms with Crippen LogP contribution in [0.3, 0.4) is 0 Å². The van der Waals surface area contributed by atoms with Gasteiger partial charge in [0, 0.05) is 6.20 Å².